The molecule has 4 heteroatoms. The molecular weight excluding hydrogens is 356 g/mol. The minimum atomic E-state index is -0.00713. The number of amides is 1. The van der Waals surface area contributed by atoms with Crippen molar-refractivity contribution in [2.45, 2.75) is 39.2 Å². The number of hydrogen-bond acceptors (Lipinski definition) is 2. The zero-order chi connectivity index (χ0) is 19.1. The van der Waals surface area contributed by atoms with Crippen LogP contribution in [0.2, 0.25) is 5.02 Å². The van der Waals surface area contributed by atoms with Gasteiger partial charge in [0, 0.05) is 30.2 Å². The van der Waals surface area contributed by atoms with Gasteiger partial charge in [0.05, 0.1) is 0 Å². The van der Waals surface area contributed by atoms with Crippen LogP contribution in [0.1, 0.15) is 47.7 Å². The summed E-state index contributed by atoms with van der Waals surface area (Å²) in [7, 11) is 0. The van der Waals surface area contributed by atoms with E-state index in [4.69, 9.17) is 11.6 Å². The van der Waals surface area contributed by atoms with E-state index in [0.29, 0.717) is 6.54 Å². The van der Waals surface area contributed by atoms with E-state index in [2.05, 4.69) is 29.3 Å². The van der Waals surface area contributed by atoms with Gasteiger partial charge in [-0.3, -0.25) is 9.69 Å². The van der Waals surface area contributed by atoms with Gasteiger partial charge in [-0.25, -0.2) is 0 Å². The first-order valence-electron chi connectivity index (χ1n) is 9.95. The van der Waals surface area contributed by atoms with Gasteiger partial charge in [-0.2, -0.15) is 0 Å². The van der Waals surface area contributed by atoms with E-state index in [9.17, 15) is 4.79 Å². The average molecular weight is 385 g/mol. The number of hydrogen-bond donors (Lipinski definition) is 1. The molecule has 1 unspecified atom stereocenters. The number of aryl methyl sites for hydroxylation is 1. The number of nitrogens with zero attached hydrogens (tertiary/aromatic N) is 1. The average Bonchev–Trinajstić information content (AvgIpc) is 2.67. The second-order valence-electron chi connectivity index (χ2n) is 7.63. The zero-order valence-electron chi connectivity index (χ0n) is 16.1. The van der Waals surface area contributed by atoms with E-state index in [0.717, 1.165) is 41.5 Å². The Bertz CT molecular complexity index is 744. The van der Waals surface area contributed by atoms with Gasteiger partial charge in [-0.1, -0.05) is 48.9 Å². The number of carbonyl (C=O) groups excluding carboxylic acids is 1. The maximum Gasteiger partial charge on any atom is 0.251 e. The van der Waals surface area contributed by atoms with Gasteiger partial charge in [-0.05, 0) is 67.5 Å². The topological polar surface area (TPSA) is 32.3 Å². The number of nitrogens with one attached hydrogen (secondary N) is 1. The number of halogens is 1. The van der Waals surface area contributed by atoms with Crippen molar-refractivity contribution in [1.29, 1.82) is 0 Å². The second-order valence-corrected chi connectivity index (χ2v) is 8.04. The Labute approximate surface area is 167 Å². The van der Waals surface area contributed by atoms with Crippen LogP contribution in [0.5, 0.6) is 0 Å². The Morgan fingerprint density at radius 3 is 2.70 bits per heavy atom. The third-order valence-corrected chi connectivity index (χ3v) is 5.60. The van der Waals surface area contributed by atoms with Gasteiger partial charge < -0.3 is 5.32 Å². The van der Waals surface area contributed by atoms with Crippen LogP contribution in [0.25, 0.3) is 0 Å². The van der Waals surface area contributed by atoms with Crippen LogP contribution in [0.4, 0.5) is 0 Å². The molecule has 1 atom stereocenters. The van der Waals surface area contributed by atoms with Gasteiger partial charge in [0.2, 0.25) is 0 Å². The fraction of sp³-hybridized carbons (Fsp3) is 0.435. The number of benzene rings is 2. The van der Waals surface area contributed by atoms with Crippen LogP contribution < -0.4 is 5.32 Å². The Kier molecular flexibility index (Phi) is 7.31. The first-order chi connectivity index (χ1) is 13.1. The fourth-order valence-corrected chi connectivity index (χ4v) is 3.96. The van der Waals surface area contributed by atoms with Crippen molar-refractivity contribution in [2.75, 3.05) is 19.6 Å². The van der Waals surface area contributed by atoms with E-state index < -0.39 is 0 Å². The van der Waals surface area contributed by atoms with E-state index in [1.54, 1.807) is 0 Å². The molecule has 27 heavy (non-hydrogen) atoms. The van der Waals surface area contributed by atoms with Crippen LogP contribution in [-0.2, 0) is 13.0 Å². The summed E-state index contributed by atoms with van der Waals surface area (Å²) in [6.45, 7) is 6.30. The third-order valence-electron chi connectivity index (χ3n) is 5.23. The van der Waals surface area contributed by atoms with Crippen LogP contribution in [0.15, 0.2) is 48.5 Å². The monoisotopic (exact) mass is 384 g/mol. The molecule has 0 aliphatic carbocycles. The lowest BCUT2D eigenvalue weighted by Gasteiger charge is -2.30. The van der Waals surface area contributed by atoms with Crippen molar-refractivity contribution >= 4 is 17.5 Å². The highest BCUT2D eigenvalue weighted by atomic mass is 35.5. The van der Waals surface area contributed by atoms with Crippen molar-refractivity contribution in [3.8, 4) is 0 Å². The third kappa shape index (κ3) is 6.08. The predicted octanol–water partition coefficient (Wildman–Crippen LogP) is 4.93. The molecule has 2 aromatic rings. The molecule has 1 heterocycles. The normalized spacial score (nSPS) is 17.6. The molecule has 0 saturated carbocycles. The first-order valence-corrected chi connectivity index (χ1v) is 10.3. The lowest BCUT2D eigenvalue weighted by molar-refractivity contribution is 0.0953. The van der Waals surface area contributed by atoms with Crippen LogP contribution in [0, 0.1) is 5.92 Å². The lowest BCUT2D eigenvalue weighted by Crippen LogP contribution is -2.33. The van der Waals surface area contributed by atoms with Crippen molar-refractivity contribution in [2.24, 2.45) is 5.92 Å². The van der Waals surface area contributed by atoms with Gasteiger partial charge in [0.1, 0.15) is 0 Å². The van der Waals surface area contributed by atoms with Crippen LogP contribution in [0.3, 0.4) is 0 Å². The summed E-state index contributed by atoms with van der Waals surface area (Å²) < 4.78 is 0. The summed E-state index contributed by atoms with van der Waals surface area (Å²) in [5.74, 6) is 0.780. The molecule has 3 rings (SSSR count). The summed E-state index contributed by atoms with van der Waals surface area (Å²) in [5.41, 5.74) is 3.13. The van der Waals surface area contributed by atoms with Crippen molar-refractivity contribution < 1.29 is 4.79 Å². The Morgan fingerprint density at radius 2 is 1.96 bits per heavy atom. The van der Waals surface area contributed by atoms with Crippen molar-refractivity contribution in [3.63, 3.8) is 0 Å². The van der Waals surface area contributed by atoms with E-state index in [1.807, 2.05) is 36.4 Å². The molecule has 1 saturated heterocycles. The summed E-state index contributed by atoms with van der Waals surface area (Å²) in [5, 5.41) is 3.80. The highest BCUT2D eigenvalue weighted by Crippen LogP contribution is 2.18. The SMILES string of the molecule is CC1CCCN(Cc2ccc(C(=O)NCCCc3ccccc3Cl)cc2)C1. The number of piperidine rings is 1. The number of likely N-dealkylation sites (tertiary alicyclic amines) is 1. The minimum Gasteiger partial charge on any atom is -0.352 e. The number of rotatable bonds is 7. The Balaban J connectivity index is 1.42. The summed E-state index contributed by atoms with van der Waals surface area (Å²) in [6, 6.07) is 15.9. The molecule has 144 valence electrons. The molecule has 1 fully saturated rings. The predicted molar refractivity (Wildman–Crippen MR) is 112 cm³/mol. The van der Waals surface area contributed by atoms with Crippen molar-refractivity contribution in [1.82, 2.24) is 10.2 Å². The highest BCUT2D eigenvalue weighted by Gasteiger charge is 2.16. The molecule has 0 spiro atoms. The molecule has 1 amide bonds. The van der Waals surface area contributed by atoms with Crippen LogP contribution >= 0.6 is 11.6 Å². The molecule has 1 aliphatic rings. The molecule has 3 nitrogen and oxygen atoms in total. The van der Waals surface area contributed by atoms with Crippen molar-refractivity contribution in [3.05, 3.63) is 70.2 Å². The summed E-state index contributed by atoms with van der Waals surface area (Å²) in [4.78, 5) is 14.8. The van der Waals surface area contributed by atoms with Gasteiger partial charge >= 0.3 is 0 Å². The number of carbonyl (C=O) groups is 1. The van der Waals surface area contributed by atoms with Crippen LogP contribution in [-0.4, -0.2) is 30.4 Å². The van der Waals surface area contributed by atoms with Gasteiger partial charge in [0.25, 0.3) is 5.91 Å². The maximum atomic E-state index is 12.3. The lowest BCUT2D eigenvalue weighted by atomic mass is 9.99. The van der Waals surface area contributed by atoms with E-state index in [-0.39, 0.29) is 5.91 Å². The largest absolute Gasteiger partial charge is 0.352 e. The van der Waals surface area contributed by atoms with Gasteiger partial charge in [0.15, 0.2) is 0 Å². The molecule has 2 aromatic carbocycles. The van der Waals surface area contributed by atoms with E-state index in [1.165, 1.54) is 31.5 Å². The second kappa shape index (κ2) is 9.91. The highest BCUT2D eigenvalue weighted by molar-refractivity contribution is 6.31. The maximum absolute atomic E-state index is 12.3. The standard InChI is InChI=1S/C23H29ClN2O/c1-18-6-5-15-26(16-18)17-19-10-12-21(13-11-19)23(27)25-14-4-8-20-7-2-3-9-22(20)24/h2-3,7,9-13,18H,4-6,8,14-17H2,1H3,(H,25,27). The zero-order valence-corrected chi connectivity index (χ0v) is 16.8. The summed E-state index contributed by atoms with van der Waals surface area (Å²) >= 11 is 6.16. The Hall–Kier alpha value is -1.84. The molecular formula is C23H29ClN2O. The molecule has 0 radical (unpaired) electrons. The molecule has 0 aromatic heterocycles. The van der Waals surface area contributed by atoms with E-state index >= 15 is 0 Å². The van der Waals surface area contributed by atoms with Gasteiger partial charge in [-0.15, -0.1) is 0 Å². The molecule has 1 aliphatic heterocycles. The minimum absolute atomic E-state index is 0.00713. The Morgan fingerprint density at radius 1 is 1.19 bits per heavy atom. The molecule has 1 N–H and O–H groups in total. The summed E-state index contributed by atoms with van der Waals surface area (Å²) in [6.07, 6.45) is 4.37. The first kappa shape index (κ1) is 19.9. The molecule has 0 bridgehead atoms. The smallest absolute Gasteiger partial charge is 0.251 e. The quantitative estimate of drug-likeness (QED) is 0.686. The fourth-order valence-electron chi connectivity index (χ4n) is 3.73.